The molecule has 7 nitrogen and oxygen atoms in total. The molecule has 0 saturated heterocycles. The van der Waals surface area contributed by atoms with Gasteiger partial charge in [-0.1, -0.05) is 6.92 Å². The van der Waals surface area contributed by atoms with E-state index in [0.717, 1.165) is 17.8 Å². The Morgan fingerprint density at radius 2 is 2.33 bits per heavy atom. The first-order chi connectivity index (χ1) is 10.2. The van der Waals surface area contributed by atoms with Gasteiger partial charge in [0, 0.05) is 23.5 Å². The number of nitrogen functional groups attached to an aromatic ring is 1. The number of rotatable bonds is 4. The highest BCUT2D eigenvalue weighted by atomic mass is 16.2. The molecular formula is C14H16N6O. The van der Waals surface area contributed by atoms with Crippen molar-refractivity contribution in [3.63, 3.8) is 0 Å². The number of aromatic nitrogens is 4. The van der Waals surface area contributed by atoms with Gasteiger partial charge in [-0.3, -0.25) is 9.89 Å². The Morgan fingerprint density at radius 3 is 3.05 bits per heavy atom. The lowest BCUT2D eigenvalue weighted by molar-refractivity contribution is 0.0930. The second-order valence-corrected chi connectivity index (χ2v) is 4.79. The first-order valence-electron chi connectivity index (χ1n) is 6.72. The van der Waals surface area contributed by atoms with Crippen LogP contribution in [0.3, 0.4) is 0 Å². The van der Waals surface area contributed by atoms with E-state index < -0.39 is 0 Å². The number of amides is 1. The standard InChI is InChI=1S/C14H16N6O/c1-2-10(13-16-5-6-17-13)18-14(21)12-9-7-8(15)3-4-11(9)19-20-12/h3-7,10H,2,15H2,1H3,(H,16,17)(H,18,21)(H,19,20). The van der Waals surface area contributed by atoms with Crippen molar-refractivity contribution in [2.45, 2.75) is 19.4 Å². The maximum atomic E-state index is 12.4. The van der Waals surface area contributed by atoms with Crippen LogP contribution in [0.15, 0.2) is 30.6 Å². The molecule has 0 aliphatic carbocycles. The van der Waals surface area contributed by atoms with E-state index in [1.54, 1.807) is 30.6 Å². The quantitative estimate of drug-likeness (QED) is 0.547. The predicted molar refractivity (Wildman–Crippen MR) is 79.6 cm³/mol. The molecule has 3 aromatic rings. The zero-order valence-corrected chi connectivity index (χ0v) is 11.6. The average molecular weight is 284 g/mol. The third-order valence-electron chi connectivity index (χ3n) is 3.36. The van der Waals surface area contributed by atoms with Crippen molar-refractivity contribution in [2.75, 3.05) is 5.73 Å². The maximum absolute atomic E-state index is 12.4. The molecular weight excluding hydrogens is 268 g/mol. The van der Waals surface area contributed by atoms with Crippen LogP contribution >= 0.6 is 0 Å². The molecule has 2 aromatic heterocycles. The summed E-state index contributed by atoms with van der Waals surface area (Å²) in [6, 6.07) is 5.13. The summed E-state index contributed by atoms with van der Waals surface area (Å²) in [5.41, 5.74) is 7.48. The van der Waals surface area contributed by atoms with Crippen molar-refractivity contribution in [1.29, 1.82) is 0 Å². The van der Waals surface area contributed by atoms with Crippen molar-refractivity contribution in [1.82, 2.24) is 25.5 Å². The minimum absolute atomic E-state index is 0.180. The third-order valence-corrected chi connectivity index (χ3v) is 3.36. The number of hydrogen-bond donors (Lipinski definition) is 4. The van der Waals surface area contributed by atoms with Gasteiger partial charge in [0.15, 0.2) is 5.69 Å². The van der Waals surface area contributed by atoms with Crippen LogP contribution in [-0.4, -0.2) is 26.1 Å². The first-order valence-corrected chi connectivity index (χ1v) is 6.72. The second-order valence-electron chi connectivity index (χ2n) is 4.79. The van der Waals surface area contributed by atoms with E-state index in [0.29, 0.717) is 16.8 Å². The highest BCUT2D eigenvalue weighted by Crippen LogP contribution is 2.20. The zero-order valence-electron chi connectivity index (χ0n) is 11.6. The number of H-pyrrole nitrogens is 2. The molecule has 7 heteroatoms. The van der Waals surface area contributed by atoms with Crippen LogP contribution in [0.5, 0.6) is 0 Å². The molecule has 108 valence electrons. The van der Waals surface area contributed by atoms with E-state index in [2.05, 4.69) is 25.5 Å². The van der Waals surface area contributed by atoms with E-state index in [1.807, 2.05) is 6.92 Å². The molecule has 0 bridgehead atoms. The molecule has 1 aromatic carbocycles. The zero-order chi connectivity index (χ0) is 14.8. The Morgan fingerprint density at radius 1 is 1.48 bits per heavy atom. The number of aromatic amines is 2. The molecule has 1 unspecified atom stereocenters. The molecule has 0 spiro atoms. The highest BCUT2D eigenvalue weighted by molar-refractivity contribution is 6.05. The summed E-state index contributed by atoms with van der Waals surface area (Å²) in [4.78, 5) is 19.6. The molecule has 0 fully saturated rings. The van der Waals surface area contributed by atoms with E-state index in [1.165, 1.54) is 0 Å². The number of carbonyl (C=O) groups excluding carboxylic acids is 1. The van der Waals surface area contributed by atoms with Gasteiger partial charge in [-0.05, 0) is 24.6 Å². The van der Waals surface area contributed by atoms with Crippen LogP contribution in [0.4, 0.5) is 5.69 Å². The Labute approximate surface area is 121 Å². The summed E-state index contributed by atoms with van der Waals surface area (Å²) in [5.74, 6) is 0.473. The Bertz CT molecular complexity index is 761. The van der Waals surface area contributed by atoms with Crippen molar-refractivity contribution in [3.8, 4) is 0 Å². The molecule has 0 radical (unpaired) electrons. The minimum Gasteiger partial charge on any atom is -0.399 e. The van der Waals surface area contributed by atoms with Crippen LogP contribution < -0.4 is 11.1 Å². The monoisotopic (exact) mass is 284 g/mol. The second kappa shape index (κ2) is 5.28. The summed E-state index contributed by atoms with van der Waals surface area (Å²) < 4.78 is 0. The number of hydrogen-bond acceptors (Lipinski definition) is 4. The molecule has 1 atom stereocenters. The molecule has 2 heterocycles. The predicted octanol–water partition coefficient (Wildman–Crippen LogP) is 1.75. The molecule has 5 N–H and O–H groups in total. The Hall–Kier alpha value is -2.83. The molecule has 0 saturated carbocycles. The number of imidazole rings is 1. The number of nitrogens with two attached hydrogens (primary N) is 1. The number of nitrogens with zero attached hydrogens (tertiary/aromatic N) is 2. The van der Waals surface area contributed by atoms with Crippen LogP contribution in [0.2, 0.25) is 0 Å². The lowest BCUT2D eigenvalue weighted by Crippen LogP contribution is -2.29. The topological polar surface area (TPSA) is 112 Å². The fourth-order valence-electron chi connectivity index (χ4n) is 2.26. The molecule has 0 aliphatic rings. The third kappa shape index (κ3) is 2.45. The number of nitrogens with one attached hydrogen (secondary N) is 3. The number of benzene rings is 1. The van der Waals surface area contributed by atoms with Gasteiger partial charge in [0.2, 0.25) is 0 Å². The molecule has 3 rings (SSSR count). The highest BCUT2D eigenvalue weighted by Gasteiger charge is 2.19. The van der Waals surface area contributed by atoms with E-state index in [4.69, 9.17) is 5.73 Å². The minimum atomic E-state index is -0.255. The molecule has 0 aliphatic heterocycles. The van der Waals surface area contributed by atoms with Gasteiger partial charge in [-0.2, -0.15) is 5.10 Å². The van der Waals surface area contributed by atoms with Crippen LogP contribution in [0, 0.1) is 0 Å². The fraction of sp³-hybridized carbons (Fsp3) is 0.214. The summed E-state index contributed by atoms with van der Waals surface area (Å²) in [7, 11) is 0. The van der Waals surface area contributed by atoms with E-state index >= 15 is 0 Å². The summed E-state index contributed by atoms with van der Waals surface area (Å²) in [6.07, 6.45) is 4.12. The van der Waals surface area contributed by atoms with Gasteiger partial charge in [0.05, 0.1) is 11.6 Å². The van der Waals surface area contributed by atoms with Crippen molar-refractivity contribution < 1.29 is 4.79 Å². The van der Waals surface area contributed by atoms with Gasteiger partial charge in [0.25, 0.3) is 5.91 Å². The Kier molecular flexibility index (Phi) is 3.31. The SMILES string of the molecule is CCC(NC(=O)c1n[nH]c2ccc(N)cc12)c1ncc[nH]1. The average Bonchev–Trinajstić information content (AvgIpc) is 3.13. The van der Waals surface area contributed by atoms with Gasteiger partial charge in [0.1, 0.15) is 5.82 Å². The van der Waals surface area contributed by atoms with E-state index in [9.17, 15) is 4.79 Å². The first kappa shape index (κ1) is 13.2. The Balaban J connectivity index is 1.88. The lowest BCUT2D eigenvalue weighted by Gasteiger charge is -2.13. The van der Waals surface area contributed by atoms with Gasteiger partial charge < -0.3 is 16.0 Å². The van der Waals surface area contributed by atoms with Gasteiger partial charge in [-0.15, -0.1) is 0 Å². The number of anilines is 1. The summed E-state index contributed by atoms with van der Waals surface area (Å²) in [5, 5.41) is 10.6. The largest absolute Gasteiger partial charge is 0.399 e. The van der Waals surface area contributed by atoms with Gasteiger partial charge >= 0.3 is 0 Å². The summed E-state index contributed by atoms with van der Waals surface area (Å²) >= 11 is 0. The van der Waals surface area contributed by atoms with Gasteiger partial charge in [-0.25, -0.2) is 4.98 Å². The number of carbonyl (C=O) groups is 1. The summed E-state index contributed by atoms with van der Waals surface area (Å²) in [6.45, 7) is 1.98. The van der Waals surface area contributed by atoms with Crippen LogP contribution in [0.25, 0.3) is 10.9 Å². The molecule has 21 heavy (non-hydrogen) atoms. The van der Waals surface area contributed by atoms with Crippen LogP contribution in [0.1, 0.15) is 35.7 Å². The maximum Gasteiger partial charge on any atom is 0.273 e. The lowest BCUT2D eigenvalue weighted by atomic mass is 10.1. The van der Waals surface area contributed by atoms with Crippen molar-refractivity contribution in [2.24, 2.45) is 0 Å². The normalized spacial score (nSPS) is 12.4. The molecule has 1 amide bonds. The van der Waals surface area contributed by atoms with E-state index in [-0.39, 0.29) is 11.9 Å². The smallest absolute Gasteiger partial charge is 0.273 e. The van der Waals surface area contributed by atoms with Crippen LogP contribution in [-0.2, 0) is 0 Å². The number of fused-ring (bicyclic) bond motifs is 1. The van der Waals surface area contributed by atoms with Crippen molar-refractivity contribution >= 4 is 22.5 Å². The fourth-order valence-corrected chi connectivity index (χ4v) is 2.26. The van der Waals surface area contributed by atoms with Crippen molar-refractivity contribution in [3.05, 3.63) is 42.1 Å².